The van der Waals surface area contributed by atoms with E-state index in [0.717, 1.165) is 28.4 Å². The van der Waals surface area contributed by atoms with Gasteiger partial charge in [-0.25, -0.2) is 4.98 Å². The molecule has 0 fully saturated rings. The molecule has 2 heterocycles. The molecule has 1 amide bonds. The molecule has 1 atom stereocenters. The minimum Gasteiger partial charge on any atom is -0.482 e. The van der Waals surface area contributed by atoms with Crippen LogP contribution in [0.15, 0.2) is 76.1 Å². The number of imidazole rings is 1. The Balaban J connectivity index is 1.47. The Morgan fingerprint density at radius 2 is 1.97 bits per heavy atom. The van der Waals surface area contributed by atoms with E-state index in [1.54, 1.807) is 11.8 Å². The summed E-state index contributed by atoms with van der Waals surface area (Å²) in [7, 11) is 0. The Hall–Kier alpha value is -3.52. The molecule has 7 nitrogen and oxygen atoms in total. The van der Waals surface area contributed by atoms with Gasteiger partial charge in [0.2, 0.25) is 11.2 Å². The zero-order valence-electron chi connectivity index (χ0n) is 17.5. The third kappa shape index (κ3) is 5.20. The second-order valence-electron chi connectivity index (χ2n) is 7.19. The molecule has 164 valence electrons. The fraction of sp³-hybridized carbons (Fsp3) is 0.208. The van der Waals surface area contributed by atoms with Gasteiger partial charge in [0, 0.05) is 6.07 Å². The second-order valence-corrected chi connectivity index (χ2v) is 8.18. The van der Waals surface area contributed by atoms with Gasteiger partial charge in [0.1, 0.15) is 18.7 Å². The van der Waals surface area contributed by atoms with E-state index in [4.69, 9.17) is 9.15 Å². The van der Waals surface area contributed by atoms with E-state index in [9.17, 15) is 9.59 Å². The minimum atomic E-state index is -0.483. The van der Waals surface area contributed by atoms with E-state index >= 15 is 0 Å². The number of benzene rings is 2. The van der Waals surface area contributed by atoms with Crippen molar-refractivity contribution >= 4 is 28.7 Å². The van der Waals surface area contributed by atoms with Gasteiger partial charge in [-0.3, -0.25) is 9.59 Å². The zero-order chi connectivity index (χ0) is 22.3. The summed E-state index contributed by atoms with van der Waals surface area (Å²) in [5, 5.41) is 2.93. The average Bonchev–Trinajstić information content (AvgIpc) is 3.25. The molecule has 0 aliphatic carbocycles. The van der Waals surface area contributed by atoms with E-state index in [0.29, 0.717) is 12.2 Å². The molecule has 0 spiro atoms. The standard InChI is InChI=1S/C24H23N3O4S/c1-32-12-11-19(23-25-17-9-5-6-10-18(17)26-23)27-24(29)21-13-20(28)22(15-31-21)30-14-16-7-3-2-4-8-16/h2-10,13,15,19H,11-12,14H2,1H3,(H,25,26)(H,27,29)/t19-/m0/s1. The SMILES string of the molecule is CSCC[C@H](NC(=O)c1cc(=O)c(OCc2ccccc2)co1)c1nc2ccccc2[nH]1. The third-order valence-electron chi connectivity index (χ3n) is 4.91. The molecular formula is C24H23N3O4S. The first-order valence-corrected chi connectivity index (χ1v) is 11.6. The van der Waals surface area contributed by atoms with E-state index in [1.165, 1.54) is 6.26 Å². The van der Waals surface area contributed by atoms with E-state index in [-0.39, 0.29) is 24.2 Å². The van der Waals surface area contributed by atoms with Gasteiger partial charge >= 0.3 is 0 Å². The Morgan fingerprint density at radius 1 is 1.19 bits per heavy atom. The van der Waals surface area contributed by atoms with E-state index in [2.05, 4.69) is 15.3 Å². The summed E-state index contributed by atoms with van der Waals surface area (Å²) >= 11 is 1.68. The molecule has 4 rings (SSSR count). The van der Waals surface area contributed by atoms with E-state index in [1.807, 2.05) is 60.9 Å². The van der Waals surface area contributed by atoms with Crippen molar-refractivity contribution in [1.29, 1.82) is 0 Å². The predicted octanol–water partition coefficient (Wildman–Crippen LogP) is 4.32. The first-order chi connectivity index (χ1) is 15.6. The second kappa shape index (κ2) is 10.2. The highest BCUT2D eigenvalue weighted by Crippen LogP contribution is 2.21. The van der Waals surface area contributed by atoms with E-state index < -0.39 is 11.3 Å². The maximum Gasteiger partial charge on any atom is 0.287 e. The molecule has 0 bridgehead atoms. The number of thioether (sulfide) groups is 1. The molecule has 0 radical (unpaired) electrons. The van der Waals surface area contributed by atoms with Crippen molar-refractivity contribution in [3.05, 3.63) is 94.3 Å². The van der Waals surface area contributed by atoms with Gasteiger partial charge in [-0.2, -0.15) is 11.8 Å². The predicted molar refractivity (Wildman–Crippen MR) is 125 cm³/mol. The summed E-state index contributed by atoms with van der Waals surface area (Å²) in [4.78, 5) is 33.1. The molecular weight excluding hydrogens is 426 g/mol. The maximum atomic E-state index is 12.8. The largest absolute Gasteiger partial charge is 0.482 e. The lowest BCUT2D eigenvalue weighted by Crippen LogP contribution is -2.30. The van der Waals surface area contributed by atoms with Gasteiger partial charge in [0.05, 0.1) is 17.1 Å². The monoisotopic (exact) mass is 449 g/mol. The van der Waals surface area contributed by atoms with Crippen molar-refractivity contribution in [2.45, 2.75) is 19.1 Å². The number of rotatable bonds is 9. The van der Waals surface area contributed by atoms with Gasteiger partial charge in [0.15, 0.2) is 5.76 Å². The van der Waals surface area contributed by atoms with Gasteiger partial charge in [-0.05, 0) is 36.1 Å². The molecule has 8 heteroatoms. The molecule has 2 aromatic carbocycles. The number of carbonyl (C=O) groups is 1. The van der Waals surface area contributed by atoms with Crippen molar-refractivity contribution in [2.24, 2.45) is 0 Å². The minimum absolute atomic E-state index is 0.0571. The highest BCUT2D eigenvalue weighted by Gasteiger charge is 2.21. The molecule has 2 N–H and O–H groups in total. The lowest BCUT2D eigenvalue weighted by molar-refractivity contribution is 0.0902. The van der Waals surface area contributed by atoms with Gasteiger partial charge in [0.25, 0.3) is 5.91 Å². The number of aromatic amines is 1. The van der Waals surface area contributed by atoms with Crippen LogP contribution >= 0.6 is 11.8 Å². The average molecular weight is 450 g/mol. The summed E-state index contributed by atoms with van der Waals surface area (Å²) in [6.07, 6.45) is 3.86. The smallest absolute Gasteiger partial charge is 0.287 e. The molecule has 0 aliphatic rings. The van der Waals surface area contributed by atoms with Crippen molar-refractivity contribution in [3.8, 4) is 5.75 Å². The Kier molecular flexibility index (Phi) is 6.91. The Labute approximate surface area is 189 Å². The van der Waals surface area contributed by atoms with Crippen LogP contribution in [0.4, 0.5) is 0 Å². The highest BCUT2D eigenvalue weighted by atomic mass is 32.2. The number of H-pyrrole nitrogens is 1. The summed E-state index contributed by atoms with van der Waals surface area (Å²) in [5.74, 6) is 0.994. The van der Waals surface area contributed by atoms with Crippen LogP contribution in [-0.4, -0.2) is 27.9 Å². The highest BCUT2D eigenvalue weighted by molar-refractivity contribution is 7.98. The van der Waals surface area contributed by atoms with Gasteiger partial charge < -0.3 is 19.5 Å². The number of nitrogens with one attached hydrogen (secondary N) is 2. The van der Waals surface area contributed by atoms with Crippen LogP contribution in [0.2, 0.25) is 0 Å². The fourth-order valence-electron chi connectivity index (χ4n) is 3.24. The number of para-hydroxylation sites is 2. The fourth-order valence-corrected chi connectivity index (χ4v) is 3.71. The zero-order valence-corrected chi connectivity index (χ0v) is 18.4. The van der Waals surface area contributed by atoms with Crippen LogP contribution in [0, 0.1) is 0 Å². The summed E-state index contributed by atoms with van der Waals surface area (Å²) in [6.45, 7) is 0.236. The van der Waals surface area contributed by atoms with Crippen molar-refractivity contribution in [3.63, 3.8) is 0 Å². The Morgan fingerprint density at radius 3 is 2.72 bits per heavy atom. The Bertz CT molecular complexity index is 1220. The molecule has 4 aromatic rings. The molecule has 2 aromatic heterocycles. The first-order valence-electron chi connectivity index (χ1n) is 10.2. The summed E-state index contributed by atoms with van der Waals surface area (Å²) in [6, 6.07) is 18.0. The molecule has 0 aliphatic heterocycles. The van der Waals surface area contributed by atoms with Gasteiger partial charge in [-0.1, -0.05) is 42.5 Å². The van der Waals surface area contributed by atoms with Crippen molar-refractivity contribution in [2.75, 3.05) is 12.0 Å². The maximum absolute atomic E-state index is 12.8. The number of nitrogens with zero attached hydrogens (tertiary/aromatic N) is 1. The number of fused-ring (bicyclic) bond motifs is 1. The van der Waals surface area contributed by atoms with Crippen molar-refractivity contribution in [1.82, 2.24) is 15.3 Å². The third-order valence-corrected chi connectivity index (χ3v) is 5.56. The van der Waals surface area contributed by atoms with Crippen LogP contribution in [0.25, 0.3) is 11.0 Å². The van der Waals surface area contributed by atoms with Gasteiger partial charge in [-0.15, -0.1) is 0 Å². The first kappa shape index (κ1) is 21.7. The number of aromatic nitrogens is 2. The normalized spacial score (nSPS) is 11.9. The number of carbonyl (C=O) groups excluding carboxylic acids is 1. The lowest BCUT2D eigenvalue weighted by atomic mass is 10.2. The topological polar surface area (TPSA) is 97.2 Å². The molecule has 0 saturated carbocycles. The summed E-state index contributed by atoms with van der Waals surface area (Å²) < 4.78 is 11.0. The molecule has 0 unspecified atom stereocenters. The van der Waals surface area contributed by atoms with Crippen LogP contribution in [0.3, 0.4) is 0 Å². The van der Waals surface area contributed by atoms with Crippen LogP contribution < -0.4 is 15.5 Å². The number of hydrogen-bond donors (Lipinski definition) is 2. The molecule has 0 saturated heterocycles. The van der Waals surface area contributed by atoms with Crippen LogP contribution in [-0.2, 0) is 6.61 Å². The molecule has 32 heavy (non-hydrogen) atoms. The van der Waals surface area contributed by atoms with Crippen LogP contribution in [0.1, 0.15) is 34.4 Å². The number of ether oxygens (including phenoxy) is 1. The van der Waals surface area contributed by atoms with Crippen LogP contribution in [0.5, 0.6) is 5.75 Å². The number of hydrogen-bond acceptors (Lipinski definition) is 6. The number of amides is 1. The van der Waals surface area contributed by atoms with Crippen molar-refractivity contribution < 1.29 is 13.9 Å². The quantitative estimate of drug-likeness (QED) is 0.395. The lowest BCUT2D eigenvalue weighted by Gasteiger charge is -2.16. The summed E-state index contributed by atoms with van der Waals surface area (Å²) in [5.41, 5.74) is 2.24.